The van der Waals surface area contributed by atoms with Crippen LogP contribution in [0.15, 0.2) is 16.9 Å². The molecule has 15 heavy (non-hydrogen) atoms. The number of carbonyl (C=O) groups excluding carboxylic acids is 1. The molecule has 0 fully saturated rings. The van der Waals surface area contributed by atoms with Gasteiger partial charge in [0.05, 0.1) is 5.56 Å². The molecule has 1 unspecified atom stereocenters. The zero-order chi connectivity index (χ0) is 11.0. The number of H-pyrrole nitrogens is 1. The Morgan fingerprint density at radius 2 is 2.13 bits per heavy atom. The Labute approximate surface area is 87.3 Å². The van der Waals surface area contributed by atoms with Crippen molar-refractivity contribution in [1.29, 1.82) is 0 Å². The summed E-state index contributed by atoms with van der Waals surface area (Å²) in [6.45, 7) is 3.91. The van der Waals surface area contributed by atoms with Gasteiger partial charge in [0.1, 0.15) is 6.10 Å². The maximum Gasteiger partial charge on any atom is 0.340 e. The van der Waals surface area contributed by atoms with Crippen LogP contribution in [0.4, 0.5) is 0 Å². The minimum atomic E-state index is -0.341. The summed E-state index contributed by atoms with van der Waals surface area (Å²) < 4.78 is 5.25. The molecule has 0 bridgehead atoms. The lowest BCUT2D eigenvalue weighted by atomic mass is 9.92. The Bertz CT molecular complexity index is 449. The summed E-state index contributed by atoms with van der Waals surface area (Å²) in [5.41, 5.74) is 1.00. The van der Waals surface area contributed by atoms with E-state index in [1.54, 1.807) is 0 Å². The highest BCUT2D eigenvalue weighted by Crippen LogP contribution is 2.29. The summed E-state index contributed by atoms with van der Waals surface area (Å²) in [5, 5.41) is 0. The molecule has 2 atom stereocenters. The fourth-order valence-electron chi connectivity index (χ4n) is 1.95. The van der Waals surface area contributed by atoms with Gasteiger partial charge in [-0.2, -0.15) is 0 Å². The maximum atomic E-state index is 11.6. The number of rotatable bonds is 1. The molecule has 0 aliphatic carbocycles. The standard InChI is InChI=1S/C11H13NO3/c1-3-8-6(2)10-7(11(14)15-8)4-5-9(13)12-10/h4-6,8H,3H2,1-2H3,(H,12,13)/t6-,8?/m0/s1. The Morgan fingerprint density at radius 3 is 2.80 bits per heavy atom. The zero-order valence-electron chi connectivity index (χ0n) is 8.74. The average Bonchev–Trinajstić information content (AvgIpc) is 2.23. The number of carbonyl (C=O) groups is 1. The van der Waals surface area contributed by atoms with Crippen LogP contribution in [0.5, 0.6) is 0 Å². The highest BCUT2D eigenvalue weighted by atomic mass is 16.5. The zero-order valence-corrected chi connectivity index (χ0v) is 8.74. The van der Waals surface area contributed by atoms with Gasteiger partial charge in [-0.25, -0.2) is 4.79 Å². The van der Waals surface area contributed by atoms with E-state index in [1.807, 2.05) is 13.8 Å². The molecule has 0 saturated heterocycles. The van der Waals surface area contributed by atoms with Crippen molar-refractivity contribution in [1.82, 2.24) is 4.98 Å². The van der Waals surface area contributed by atoms with Crippen LogP contribution in [0.1, 0.15) is 42.2 Å². The van der Waals surface area contributed by atoms with Crippen LogP contribution in [-0.4, -0.2) is 17.1 Å². The first-order valence-corrected chi connectivity index (χ1v) is 5.07. The summed E-state index contributed by atoms with van der Waals surface area (Å²) in [4.78, 5) is 25.5. The molecular weight excluding hydrogens is 194 g/mol. The van der Waals surface area contributed by atoms with E-state index in [9.17, 15) is 9.59 Å². The number of hydrogen-bond donors (Lipinski definition) is 1. The Balaban J connectivity index is 2.54. The molecule has 2 rings (SSSR count). The SMILES string of the molecule is CCC1OC(=O)c2ccc(=O)[nH]c2[C@H]1C. The monoisotopic (exact) mass is 207 g/mol. The number of hydrogen-bond acceptors (Lipinski definition) is 3. The van der Waals surface area contributed by atoms with Gasteiger partial charge >= 0.3 is 5.97 Å². The molecule has 80 valence electrons. The van der Waals surface area contributed by atoms with Crippen molar-refractivity contribution in [3.8, 4) is 0 Å². The molecule has 1 aromatic heterocycles. The number of nitrogens with one attached hydrogen (secondary N) is 1. The molecule has 0 spiro atoms. The quantitative estimate of drug-likeness (QED) is 0.708. The number of esters is 1. The fourth-order valence-corrected chi connectivity index (χ4v) is 1.95. The molecule has 1 aliphatic heterocycles. The molecule has 0 saturated carbocycles. The number of fused-ring (bicyclic) bond motifs is 1. The van der Waals surface area contributed by atoms with Crippen LogP contribution in [0.3, 0.4) is 0 Å². The molecule has 1 aliphatic rings. The van der Waals surface area contributed by atoms with Crippen molar-refractivity contribution in [3.63, 3.8) is 0 Å². The van der Waals surface area contributed by atoms with Gasteiger partial charge in [0.25, 0.3) is 0 Å². The summed E-state index contributed by atoms with van der Waals surface area (Å²) in [5.74, 6) is -0.289. The van der Waals surface area contributed by atoms with Crippen molar-refractivity contribution in [3.05, 3.63) is 33.7 Å². The third kappa shape index (κ3) is 1.56. The predicted molar refractivity (Wildman–Crippen MR) is 55.0 cm³/mol. The molecule has 4 heteroatoms. The highest BCUT2D eigenvalue weighted by molar-refractivity contribution is 5.91. The number of aromatic nitrogens is 1. The van der Waals surface area contributed by atoms with Gasteiger partial charge in [0.15, 0.2) is 0 Å². The van der Waals surface area contributed by atoms with Crippen molar-refractivity contribution in [2.45, 2.75) is 32.3 Å². The van der Waals surface area contributed by atoms with E-state index in [0.29, 0.717) is 11.3 Å². The second kappa shape index (κ2) is 3.53. The predicted octanol–water partition coefficient (Wildman–Crippen LogP) is 1.43. The molecule has 0 aromatic carbocycles. The lowest BCUT2D eigenvalue weighted by Crippen LogP contribution is -2.32. The van der Waals surface area contributed by atoms with Gasteiger partial charge in [0.2, 0.25) is 5.56 Å². The number of pyridine rings is 1. The van der Waals surface area contributed by atoms with Crippen LogP contribution < -0.4 is 5.56 Å². The minimum Gasteiger partial charge on any atom is -0.458 e. The van der Waals surface area contributed by atoms with Gasteiger partial charge < -0.3 is 9.72 Å². The van der Waals surface area contributed by atoms with Crippen LogP contribution >= 0.6 is 0 Å². The van der Waals surface area contributed by atoms with Gasteiger partial charge in [-0.1, -0.05) is 13.8 Å². The molecule has 1 N–H and O–H groups in total. The largest absolute Gasteiger partial charge is 0.458 e. The van der Waals surface area contributed by atoms with Crippen molar-refractivity contribution < 1.29 is 9.53 Å². The smallest absolute Gasteiger partial charge is 0.340 e. The normalized spacial score (nSPS) is 24.5. The summed E-state index contributed by atoms with van der Waals surface area (Å²) in [6, 6.07) is 2.87. The fraction of sp³-hybridized carbons (Fsp3) is 0.455. The third-order valence-corrected chi connectivity index (χ3v) is 2.84. The van der Waals surface area contributed by atoms with Gasteiger partial charge in [-0.3, -0.25) is 4.79 Å². The van der Waals surface area contributed by atoms with E-state index in [4.69, 9.17) is 4.74 Å². The van der Waals surface area contributed by atoms with Crippen molar-refractivity contribution in [2.75, 3.05) is 0 Å². The molecule has 1 aromatic rings. The molecule has 4 nitrogen and oxygen atoms in total. The number of cyclic esters (lactones) is 1. The van der Waals surface area contributed by atoms with E-state index in [-0.39, 0.29) is 23.6 Å². The topological polar surface area (TPSA) is 59.2 Å². The first-order valence-electron chi connectivity index (χ1n) is 5.07. The summed E-state index contributed by atoms with van der Waals surface area (Å²) >= 11 is 0. The van der Waals surface area contributed by atoms with E-state index >= 15 is 0 Å². The second-order valence-corrected chi connectivity index (χ2v) is 3.79. The lowest BCUT2D eigenvalue weighted by Gasteiger charge is -2.29. The van der Waals surface area contributed by atoms with Crippen LogP contribution in [0.2, 0.25) is 0 Å². The molecular formula is C11H13NO3. The minimum absolute atomic E-state index is 0.0524. The second-order valence-electron chi connectivity index (χ2n) is 3.79. The maximum absolute atomic E-state index is 11.6. The van der Waals surface area contributed by atoms with Crippen LogP contribution in [0, 0.1) is 0 Å². The van der Waals surface area contributed by atoms with Crippen LogP contribution in [0.25, 0.3) is 0 Å². The highest BCUT2D eigenvalue weighted by Gasteiger charge is 2.32. The van der Waals surface area contributed by atoms with Crippen LogP contribution in [-0.2, 0) is 4.74 Å². The molecule has 0 amide bonds. The van der Waals surface area contributed by atoms with E-state index in [2.05, 4.69) is 4.98 Å². The first-order chi connectivity index (χ1) is 7.13. The third-order valence-electron chi connectivity index (χ3n) is 2.84. The van der Waals surface area contributed by atoms with Crippen molar-refractivity contribution in [2.24, 2.45) is 0 Å². The average molecular weight is 207 g/mol. The Morgan fingerprint density at radius 1 is 1.40 bits per heavy atom. The first kappa shape index (κ1) is 9.96. The number of aromatic amines is 1. The lowest BCUT2D eigenvalue weighted by molar-refractivity contribution is 0.0174. The molecule has 0 radical (unpaired) electrons. The summed E-state index contributed by atoms with van der Waals surface area (Å²) in [7, 11) is 0. The molecule has 2 heterocycles. The van der Waals surface area contributed by atoms with Gasteiger partial charge in [-0.15, -0.1) is 0 Å². The summed E-state index contributed by atoms with van der Waals surface area (Å²) in [6.07, 6.45) is 0.617. The van der Waals surface area contributed by atoms with E-state index < -0.39 is 0 Å². The van der Waals surface area contributed by atoms with Crippen molar-refractivity contribution >= 4 is 5.97 Å². The Kier molecular flexibility index (Phi) is 2.34. The Hall–Kier alpha value is -1.58. The van der Waals surface area contributed by atoms with E-state index in [1.165, 1.54) is 12.1 Å². The van der Waals surface area contributed by atoms with E-state index in [0.717, 1.165) is 6.42 Å². The number of ether oxygens (including phenoxy) is 1. The van der Waals surface area contributed by atoms with Gasteiger partial charge in [-0.05, 0) is 12.5 Å². The van der Waals surface area contributed by atoms with Gasteiger partial charge in [0, 0.05) is 17.7 Å².